The summed E-state index contributed by atoms with van der Waals surface area (Å²) in [5, 5.41) is 2.09. The monoisotopic (exact) mass is 341 g/mol. The number of thiophene rings is 1. The van der Waals surface area contributed by atoms with Crippen molar-refractivity contribution in [1.29, 1.82) is 0 Å². The average molecular weight is 341 g/mol. The summed E-state index contributed by atoms with van der Waals surface area (Å²) in [5.41, 5.74) is 2.26. The highest BCUT2D eigenvalue weighted by molar-refractivity contribution is 7.10. The standard InChI is InChI=1S/C18H19N3O2S/c22-17-8-15(12-21(17)10-13-2-1-5-19-9-13)18(23)20-6-3-16-14(11-20)4-7-24-16/h1-2,4-5,7,9,15H,3,6,8,10-12H2/t15-/m0/s1. The lowest BCUT2D eigenvalue weighted by Crippen LogP contribution is -2.40. The van der Waals surface area contributed by atoms with Gasteiger partial charge in [0.2, 0.25) is 11.8 Å². The fourth-order valence-electron chi connectivity index (χ4n) is 3.50. The highest BCUT2D eigenvalue weighted by Crippen LogP contribution is 2.27. The summed E-state index contributed by atoms with van der Waals surface area (Å²) in [6.45, 7) is 2.50. The van der Waals surface area contributed by atoms with Crippen LogP contribution < -0.4 is 0 Å². The number of carbonyl (C=O) groups is 2. The lowest BCUT2D eigenvalue weighted by molar-refractivity contribution is -0.136. The molecule has 0 bridgehead atoms. The Hall–Kier alpha value is -2.21. The van der Waals surface area contributed by atoms with Crippen molar-refractivity contribution in [3.05, 3.63) is 52.0 Å². The SMILES string of the molecule is O=C1C[C@H](C(=O)N2CCc3sccc3C2)CN1Cc1cccnc1. The minimum absolute atomic E-state index is 0.0606. The van der Waals surface area contributed by atoms with Gasteiger partial charge in [-0.3, -0.25) is 14.6 Å². The van der Waals surface area contributed by atoms with Crippen molar-refractivity contribution < 1.29 is 9.59 Å². The molecule has 2 aromatic heterocycles. The van der Waals surface area contributed by atoms with Crippen LogP contribution in [0.25, 0.3) is 0 Å². The summed E-state index contributed by atoms with van der Waals surface area (Å²) in [7, 11) is 0. The largest absolute Gasteiger partial charge is 0.338 e. The zero-order valence-electron chi connectivity index (χ0n) is 13.4. The van der Waals surface area contributed by atoms with Crippen LogP contribution in [0.4, 0.5) is 0 Å². The van der Waals surface area contributed by atoms with Gasteiger partial charge in [0.1, 0.15) is 0 Å². The topological polar surface area (TPSA) is 53.5 Å². The highest BCUT2D eigenvalue weighted by atomic mass is 32.1. The maximum absolute atomic E-state index is 12.8. The molecule has 0 aromatic carbocycles. The minimum atomic E-state index is -0.214. The second kappa shape index (κ2) is 6.36. The third-order valence-corrected chi connectivity index (χ3v) is 5.80. The molecule has 4 heterocycles. The molecule has 124 valence electrons. The van der Waals surface area contributed by atoms with E-state index >= 15 is 0 Å². The molecule has 1 atom stereocenters. The first-order valence-corrected chi connectivity index (χ1v) is 9.09. The van der Waals surface area contributed by atoms with Crippen molar-refractivity contribution in [2.24, 2.45) is 5.92 Å². The second-order valence-electron chi connectivity index (χ2n) is 6.42. The van der Waals surface area contributed by atoms with Crippen molar-refractivity contribution in [3.8, 4) is 0 Å². The molecule has 1 fully saturated rings. The van der Waals surface area contributed by atoms with Crippen LogP contribution in [0.3, 0.4) is 0 Å². The molecule has 0 radical (unpaired) electrons. The van der Waals surface area contributed by atoms with Crippen LogP contribution in [-0.4, -0.2) is 39.7 Å². The first kappa shape index (κ1) is 15.3. The second-order valence-corrected chi connectivity index (χ2v) is 7.42. The van der Waals surface area contributed by atoms with E-state index in [0.717, 1.165) is 18.5 Å². The lowest BCUT2D eigenvalue weighted by atomic mass is 10.0. The molecule has 2 aliphatic rings. The smallest absolute Gasteiger partial charge is 0.228 e. The maximum atomic E-state index is 12.8. The van der Waals surface area contributed by atoms with E-state index in [0.29, 0.717) is 26.1 Å². The Bertz CT molecular complexity index is 759. The van der Waals surface area contributed by atoms with Crippen molar-refractivity contribution in [2.45, 2.75) is 25.9 Å². The van der Waals surface area contributed by atoms with Gasteiger partial charge in [0.05, 0.1) is 5.92 Å². The molecular weight excluding hydrogens is 322 g/mol. The molecule has 2 aromatic rings. The first-order valence-electron chi connectivity index (χ1n) is 8.21. The fourth-order valence-corrected chi connectivity index (χ4v) is 4.39. The summed E-state index contributed by atoms with van der Waals surface area (Å²) < 4.78 is 0. The van der Waals surface area contributed by atoms with E-state index in [-0.39, 0.29) is 17.7 Å². The van der Waals surface area contributed by atoms with Crippen LogP contribution in [-0.2, 0) is 29.1 Å². The summed E-state index contributed by atoms with van der Waals surface area (Å²) in [6, 6.07) is 5.93. The number of hydrogen-bond acceptors (Lipinski definition) is 4. The number of hydrogen-bond donors (Lipinski definition) is 0. The van der Waals surface area contributed by atoms with Gasteiger partial charge in [-0.25, -0.2) is 0 Å². The fraction of sp³-hybridized carbons (Fsp3) is 0.389. The lowest BCUT2D eigenvalue weighted by Gasteiger charge is -2.29. The molecule has 0 aliphatic carbocycles. The van der Waals surface area contributed by atoms with Gasteiger partial charge in [0, 0.05) is 49.9 Å². The van der Waals surface area contributed by atoms with E-state index < -0.39 is 0 Å². The van der Waals surface area contributed by atoms with E-state index in [4.69, 9.17) is 0 Å². The molecule has 24 heavy (non-hydrogen) atoms. The summed E-state index contributed by atoms with van der Waals surface area (Å²) >= 11 is 1.77. The molecule has 0 unspecified atom stereocenters. The Morgan fingerprint density at radius 1 is 1.38 bits per heavy atom. The molecule has 2 amide bonds. The van der Waals surface area contributed by atoms with Crippen molar-refractivity contribution in [3.63, 3.8) is 0 Å². The summed E-state index contributed by atoms with van der Waals surface area (Å²) in [5.74, 6) is -0.0336. The van der Waals surface area contributed by atoms with Crippen molar-refractivity contribution in [1.82, 2.24) is 14.8 Å². The number of nitrogens with zero attached hydrogens (tertiary/aromatic N) is 3. The first-order chi connectivity index (χ1) is 11.7. The van der Waals surface area contributed by atoms with E-state index in [1.54, 1.807) is 28.6 Å². The van der Waals surface area contributed by atoms with Crippen LogP contribution in [0.15, 0.2) is 36.0 Å². The maximum Gasteiger partial charge on any atom is 0.228 e. The molecule has 4 rings (SSSR count). The van der Waals surface area contributed by atoms with Gasteiger partial charge in [-0.2, -0.15) is 0 Å². The van der Waals surface area contributed by atoms with Gasteiger partial charge < -0.3 is 9.80 Å². The summed E-state index contributed by atoms with van der Waals surface area (Å²) in [4.78, 5) is 34.3. The number of aromatic nitrogens is 1. The number of amides is 2. The van der Waals surface area contributed by atoms with E-state index in [1.807, 2.05) is 17.0 Å². The normalized spacial score (nSPS) is 20.3. The third-order valence-electron chi connectivity index (χ3n) is 4.78. The molecule has 0 spiro atoms. The third kappa shape index (κ3) is 2.94. The molecule has 0 N–H and O–H groups in total. The Kier molecular flexibility index (Phi) is 4.06. The molecule has 5 nitrogen and oxygen atoms in total. The van der Waals surface area contributed by atoms with Gasteiger partial charge in [0.25, 0.3) is 0 Å². The predicted octanol–water partition coefficient (Wildman–Crippen LogP) is 2.08. The predicted molar refractivity (Wildman–Crippen MR) is 91.2 cm³/mol. The van der Waals surface area contributed by atoms with E-state index in [2.05, 4.69) is 16.4 Å². The number of likely N-dealkylation sites (tertiary alicyclic amines) is 1. The van der Waals surface area contributed by atoms with Gasteiger partial charge in [-0.1, -0.05) is 6.07 Å². The molecular formula is C18H19N3O2S. The number of carbonyl (C=O) groups excluding carboxylic acids is 2. The Labute approximate surface area is 144 Å². The molecule has 0 saturated carbocycles. The van der Waals surface area contributed by atoms with Gasteiger partial charge >= 0.3 is 0 Å². The van der Waals surface area contributed by atoms with Gasteiger partial charge in [0.15, 0.2) is 0 Å². The highest BCUT2D eigenvalue weighted by Gasteiger charge is 2.37. The molecule has 1 saturated heterocycles. The van der Waals surface area contributed by atoms with Gasteiger partial charge in [-0.15, -0.1) is 11.3 Å². The average Bonchev–Trinajstić information content (AvgIpc) is 3.21. The molecule has 2 aliphatic heterocycles. The zero-order valence-corrected chi connectivity index (χ0v) is 14.2. The van der Waals surface area contributed by atoms with E-state index in [9.17, 15) is 9.59 Å². The van der Waals surface area contributed by atoms with Crippen LogP contribution >= 0.6 is 11.3 Å². The number of pyridine rings is 1. The summed E-state index contributed by atoms with van der Waals surface area (Å²) in [6.07, 6.45) is 4.74. The Morgan fingerprint density at radius 2 is 2.29 bits per heavy atom. The van der Waals surface area contributed by atoms with Crippen LogP contribution in [0.1, 0.15) is 22.4 Å². The van der Waals surface area contributed by atoms with Crippen molar-refractivity contribution >= 4 is 23.2 Å². The zero-order chi connectivity index (χ0) is 16.5. The number of rotatable bonds is 3. The van der Waals surface area contributed by atoms with Crippen LogP contribution in [0.2, 0.25) is 0 Å². The quantitative estimate of drug-likeness (QED) is 0.859. The Balaban J connectivity index is 1.40. The van der Waals surface area contributed by atoms with E-state index in [1.165, 1.54) is 10.4 Å². The van der Waals surface area contributed by atoms with Gasteiger partial charge in [-0.05, 0) is 35.1 Å². The minimum Gasteiger partial charge on any atom is -0.338 e. The van der Waals surface area contributed by atoms with Crippen molar-refractivity contribution in [2.75, 3.05) is 13.1 Å². The number of fused-ring (bicyclic) bond motifs is 1. The molecule has 6 heteroatoms. The Morgan fingerprint density at radius 3 is 3.12 bits per heavy atom. The van der Waals surface area contributed by atoms with Crippen LogP contribution in [0.5, 0.6) is 0 Å². The van der Waals surface area contributed by atoms with Crippen LogP contribution in [0, 0.1) is 5.92 Å².